The van der Waals surface area contributed by atoms with Crippen LogP contribution in [0.15, 0.2) is 60.7 Å². The number of carbonyl (C=O) groups excluding carboxylic acids is 1. The molecular formula is C21H21NO3. The Morgan fingerprint density at radius 2 is 1.72 bits per heavy atom. The first-order valence-electron chi connectivity index (χ1n) is 8.70. The molecule has 2 aromatic carbocycles. The monoisotopic (exact) mass is 335 g/mol. The van der Waals surface area contributed by atoms with Crippen molar-refractivity contribution in [2.45, 2.75) is 25.7 Å². The van der Waals surface area contributed by atoms with Gasteiger partial charge in [0.25, 0.3) is 0 Å². The van der Waals surface area contributed by atoms with Crippen molar-refractivity contribution in [1.29, 1.82) is 0 Å². The fourth-order valence-electron chi connectivity index (χ4n) is 3.33. The first-order chi connectivity index (χ1) is 12.3. The van der Waals surface area contributed by atoms with Crippen LogP contribution in [0, 0.1) is 0 Å². The molecule has 0 amide bonds. The van der Waals surface area contributed by atoms with Crippen molar-refractivity contribution in [3.05, 3.63) is 71.9 Å². The third-order valence-electron chi connectivity index (χ3n) is 4.58. The number of rotatable bonds is 6. The molecule has 4 nitrogen and oxygen atoms in total. The molecule has 0 radical (unpaired) electrons. The number of benzene rings is 2. The molecule has 4 heteroatoms. The average Bonchev–Trinajstić information content (AvgIpc) is 3.29. The maximum Gasteiger partial charge on any atom is 0.179 e. The van der Waals surface area contributed by atoms with E-state index in [0.717, 1.165) is 16.6 Å². The first kappa shape index (κ1) is 16.1. The maximum atomic E-state index is 12.9. The van der Waals surface area contributed by atoms with Crippen molar-refractivity contribution in [3.8, 4) is 0 Å². The van der Waals surface area contributed by atoms with Crippen LogP contribution in [0.4, 0.5) is 0 Å². The zero-order valence-electron chi connectivity index (χ0n) is 14.1. The van der Waals surface area contributed by atoms with Gasteiger partial charge in [-0.1, -0.05) is 48.5 Å². The Kier molecular flexibility index (Phi) is 4.63. The molecule has 0 N–H and O–H groups in total. The molecule has 0 atom stereocenters. The van der Waals surface area contributed by atoms with Gasteiger partial charge in [0, 0.05) is 30.3 Å². The van der Waals surface area contributed by atoms with Gasteiger partial charge in [0.1, 0.15) is 0 Å². The molecule has 128 valence electrons. The van der Waals surface area contributed by atoms with Crippen LogP contribution in [0.3, 0.4) is 0 Å². The summed E-state index contributed by atoms with van der Waals surface area (Å²) in [5.41, 5.74) is 3.02. The normalized spacial score (nSPS) is 15.0. The van der Waals surface area contributed by atoms with Gasteiger partial charge >= 0.3 is 0 Å². The summed E-state index contributed by atoms with van der Waals surface area (Å²) in [4.78, 5) is 12.9. The van der Waals surface area contributed by atoms with Crippen molar-refractivity contribution in [1.82, 2.24) is 4.57 Å². The van der Waals surface area contributed by atoms with Gasteiger partial charge in [-0.05, 0) is 17.7 Å². The van der Waals surface area contributed by atoms with E-state index < -0.39 is 0 Å². The van der Waals surface area contributed by atoms with Gasteiger partial charge in [0.2, 0.25) is 0 Å². The number of hydrogen-bond acceptors (Lipinski definition) is 3. The number of para-hydroxylation sites is 1. The number of ether oxygens (including phenoxy) is 2. The smallest absolute Gasteiger partial charge is 0.179 e. The van der Waals surface area contributed by atoms with Crippen LogP contribution >= 0.6 is 0 Å². The van der Waals surface area contributed by atoms with Gasteiger partial charge in [0.05, 0.1) is 18.9 Å². The number of Topliss-reactive ketones (excluding diaryl/α,β-unsaturated/α-hetero) is 1. The van der Waals surface area contributed by atoms with E-state index in [9.17, 15) is 4.79 Å². The van der Waals surface area contributed by atoms with Crippen molar-refractivity contribution < 1.29 is 14.3 Å². The summed E-state index contributed by atoms with van der Waals surface area (Å²) in [5, 5.41) is 1.09. The number of nitrogens with zero attached hydrogens (tertiary/aromatic N) is 1. The number of fused-ring (bicyclic) bond motifs is 1. The number of aromatic nitrogens is 1. The van der Waals surface area contributed by atoms with Crippen molar-refractivity contribution in [3.63, 3.8) is 0 Å². The molecule has 1 saturated heterocycles. The molecule has 1 aliphatic heterocycles. The molecule has 1 aromatic heterocycles. The third kappa shape index (κ3) is 3.50. The lowest BCUT2D eigenvalue weighted by Crippen LogP contribution is -2.14. The standard InChI is InChI=1S/C21H21NO3/c23-20(10-11-21-24-12-13-25-21)19-14-17-8-4-5-9-18(17)22(19)15-16-6-2-1-3-7-16/h1-9,14,21H,10-13,15H2. The lowest BCUT2D eigenvalue weighted by atomic mass is 10.1. The second-order valence-corrected chi connectivity index (χ2v) is 6.29. The number of ketones is 1. The summed E-state index contributed by atoms with van der Waals surface area (Å²) < 4.78 is 13.0. The molecule has 1 fully saturated rings. The van der Waals surface area contributed by atoms with E-state index >= 15 is 0 Å². The minimum absolute atomic E-state index is 0.131. The van der Waals surface area contributed by atoms with E-state index in [1.807, 2.05) is 36.4 Å². The summed E-state index contributed by atoms with van der Waals surface area (Å²) in [7, 11) is 0. The van der Waals surface area contributed by atoms with Crippen molar-refractivity contribution >= 4 is 16.7 Å². The molecular weight excluding hydrogens is 314 g/mol. The van der Waals surface area contributed by atoms with Crippen LogP contribution in [-0.4, -0.2) is 29.9 Å². The van der Waals surface area contributed by atoms with Gasteiger partial charge in [-0.15, -0.1) is 0 Å². The van der Waals surface area contributed by atoms with Gasteiger partial charge in [-0.2, -0.15) is 0 Å². The highest BCUT2D eigenvalue weighted by Crippen LogP contribution is 2.23. The van der Waals surface area contributed by atoms with Crippen molar-refractivity contribution in [2.75, 3.05) is 13.2 Å². The molecule has 0 bridgehead atoms. The van der Waals surface area contributed by atoms with Gasteiger partial charge < -0.3 is 14.0 Å². The van der Waals surface area contributed by atoms with E-state index in [4.69, 9.17) is 9.47 Å². The Labute approximate surface area is 147 Å². The molecule has 0 unspecified atom stereocenters. The van der Waals surface area contributed by atoms with Gasteiger partial charge in [0.15, 0.2) is 12.1 Å². The van der Waals surface area contributed by atoms with Crippen LogP contribution in [0.25, 0.3) is 10.9 Å². The number of carbonyl (C=O) groups is 1. The van der Waals surface area contributed by atoms with Crippen molar-refractivity contribution in [2.24, 2.45) is 0 Å². The Morgan fingerprint density at radius 3 is 2.52 bits per heavy atom. The summed E-state index contributed by atoms with van der Waals surface area (Å²) in [6.45, 7) is 1.92. The maximum absolute atomic E-state index is 12.9. The molecule has 3 aromatic rings. The highest BCUT2D eigenvalue weighted by Gasteiger charge is 2.20. The summed E-state index contributed by atoms with van der Waals surface area (Å²) in [6, 6.07) is 20.4. The summed E-state index contributed by atoms with van der Waals surface area (Å²) >= 11 is 0. The second kappa shape index (κ2) is 7.21. The van der Waals surface area contributed by atoms with E-state index in [1.54, 1.807) is 0 Å². The zero-order chi connectivity index (χ0) is 17.1. The first-order valence-corrected chi connectivity index (χ1v) is 8.70. The summed E-state index contributed by atoms with van der Waals surface area (Å²) in [5.74, 6) is 0.131. The van der Waals surface area contributed by atoms with Gasteiger partial charge in [-0.3, -0.25) is 4.79 Å². The van der Waals surface area contributed by atoms with Crippen LogP contribution in [-0.2, 0) is 16.0 Å². The topological polar surface area (TPSA) is 40.5 Å². The highest BCUT2D eigenvalue weighted by molar-refractivity contribution is 6.00. The predicted molar refractivity (Wildman–Crippen MR) is 96.7 cm³/mol. The summed E-state index contributed by atoms with van der Waals surface area (Å²) in [6.07, 6.45) is 0.789. The molecule has 4 rings (SSSR count). The highest BCUT2D eigenvalue weighted by atomic mass is 16.7. The third-order valence-corrected chi connectivity index (χ3v) is 4.58. The SMILES string of the molecule is O=C(CCC1OCCO1)c1cc2ccccc2n1Cc1ccccc1. The van der Waals surface area contributed by atoms with E-state index in [-0.39, 0.29) is 12.1 Å². The van der Waals surface area contributed by atoms with Crippen LogP contribution in [0.2, 0.25) is 0 Å². The second-order valence-electron chi connectivity index (χ2n) is 6.29. The Hall–Kier alpha value is -2.43. The Morgan fingerprint density at radius 1 is 1.00 bits per heavy atom. The van der Waals surface area contributed by atoms with Crippen LogP contribution in [0.5, 0.6) is 0 Å². The molecule has 25 heavy (non-hydrogen) atoms. The predicted octanol–water partition coefficient (Wildman–Crippen LogP) is 4.03. The van der Waals surface area contributed by atoms with E-state index in [0.29, 0.717) is 32.6 Å². The van der Waals surface area contributed by atoms with Crippen LogP contribution in [0.1, 0.15) is 28.9 Å². The average molecular weight is 335 g/mol. The fraction of sp³-hybridized carbons (Fsp3) is 0.286. The Bertz CT molecular complexity index is 863. The van der Waals surface area contributed by atoms with Crippen LogP contribution < -0.4 is 0 Å². The zero-order valence-corrected chi connectivity index (χ0v) is 14.1. The lowest BCUT2D eigenvalue weighted by molar-refractivity contribution is -0.0464. The molecule has 1 aliphatic rings. The Balaban J connectivity index is 1.62. The number of hydrogen-bond donors (Lipinski definition) is 0. The largest absolute Gasteiger partial charge is 0.350 e. The van der Waals surface area contributed by atoms with E-state index in [2.05, 4.69) is 28.8 Å². The molecule has 0 saturated carbocycles. The minimum Gasteiger partial charge on any atom is -0.350 e. The van der Waals surface area contributed by atoms with Gasteiger partial charge in [-0.25, -0.2) is 0 Å². The fourth-order valence-corrected chi connectivity index (χ4v) is 3.33. The van der Waals surface area contributed by atoms with E-state index in [1.165, 1.54) is 5.56 Å². The quantitative estimate of drug-likeness (QED) is 0.639. The molecule has 2 heterocycles. The molecule has 0 aliphatic carbocycles. The molecule has 0 spiro atoms. The minimum atomic E-state index is -0.240. The lowest BCUT2D eigenvalue weighted by Gasteiger charge is -2.12.